The highest BCUT2D eigenvalue weighted by Gasteiger charge is 2.32. The van der Waals surface area contributed by atoms with Crippen molar-refractivity contribution in [1.82, 2.24) is 10.2 Å². The summed E-state index contributed by atoms with van der Waals surface area (Å²) in [5.74, 6) is 1.60. The summed E-state index contributed by atoms with van der Waals surface area (Å²) >= 11 is 0. The van der Waals surface area contributed by atoms with Crippen LogP contribution in [0.4, 0.5) is 0 Å². The van der Waals surface area contributed by atoms with Crippen molar-refractivity contribution in [2.45, 2.75) is 52.1 Å². The quantitative estimate of drug-likeness (QED) is 0.777. The van der Waals surface area contributed by atoms with Crippen molar-refractivity contribution in [1.29, 1.82) is 0 Å². The van der Waals surface area contributed by atoms with Gasteiger partial charge in [0.2, 0.25) is 5.91 Å². The van der Waals surface area contributed by atoms with E-state index in [9.17, 15) is 4.79 Å². The van der Waals surface area contributed by atoms with Crippen LogP contribution < -0.4 is 5.32 Å². The molecule has 1 heterocycles. The van der Waals surface area contributed by atoms with E-state index in [0.717, 1.165) is 52.0 Å². The highest BCUT2D eigenvalue weighted by atomic mass is 16.5. The number of hydrogen-bond donors (Lipinski definition) is 1. The van der Waals surface area contributed by atoms with E-state index in [1.165, 1.54) is 12.8 Å². The fraction of sp³-hybridized carbons (Fsp3) is 0.938. The minimum absolute atomic E-state index is 0.353. The van der Waals surface area contributed by atoms with Gasteiger partial charge in [-0.05, 0) is 64.5 Å². The predicted molar refractivity (Wildman–Crippen MR) is 80.6 cm³/mol. The topological polar surface area (TPSA) is 41.6 Å². The predicted octanol–water partition coefficient (Wildman–Crippen LogP) is 2.04. The lowest BCUT2D eigenvalue weighted by molar-refractivity contribution is -0.135. The fourth-order valence-electron chi connectivity index (χ4n) is 3.37. The molecule has 4 nitrogen and oxygen atoms in total. The number of hydrogen-bond acceptors (Lipinski definition) is 3. The molecule has 1 saturated heterocycles. The summed E-state index contributed by atoms with van der Waals surface area (Å²) in [6.45, 7) is 8.95. The molecule has 116 valence electrons. The van der Waals surface area contributed by atoms with Gasteiger partial charge in [-0.15, -0.1) is 0 Å². The van der Waals surface area contributed by atoms with Crippen LogP contribution in [0.15, 0.2) is 0 Å². The lowest BCUT2D eigenvalue weighted by Gasteiger charge is -2.36. The van der Waals surface area contributed by atoms with Gasteiger partial charge < -0.3 is 15.0 Å². The Hall–Kier alpha value is -0.610. The molecule has 0 aromatic heterocycles. The maximum atomic E-state index is 12.4. The molecule has 20 heavy (non-hydrogen) atoms. The SMILES string of the molecule is CCOC1CC(CC(=O)N(CC)CC2CCNCC2)C1. The Bertz CT molecular complexity index is 297. The zero-order valence-corrected chi connectivity index (χ0v) is 13.1. The Labute approximate surface area is 123 Å². The Kier molecular flexibility index (Phi) is 6.30. The van der Waals surface area contributed by atoms with Gasteiger partial charge in [-0.3, -0.25) is 4.79 Å². The number of rotatable bonds is 7. The van der Waals surface area contributed by atoms with Crippen LogP contribution in [0.5, 0.6) is 0 Å². The van der Waals surface area contributed by atoms with Gasteiger partial charge in [0, 0.05) is 26.1 Å². The number of nitrogens with one attached hydrogen (secondary N) is 1. The van der Waals surface area contributed by atoms with Crippen molar-refractivity contribution in [3.05, 3.63) is 0 Å². The van der Waals surface area contributed by atoms with Crippen LogP contribution in [-0.4, -0.2) is 49.7 Å². The van der Waals surface area contributed by atoms with E-state index in [1.807, 2.05) is 6.92 Å². The minimum Gasteiger partial charge on any atom is -0.378 e. The molecule has 0 aromatic carbocycles. The third-order valence-corrected chi connectivity index (χ3v) is 4.73. The first-order valence-electron chi connectivity index (χ1n) is 8.33. The first-order valence-corrected chi connectivity index (χ1v) is 8.33. The number of ether oxygens (including phenoxy) is 1. The summed E-state index contributed by atoms with van der Waals surface area (Å²) in [6.07, 6.45) is 5.70. The van der Waals surface area contributed by atoms with Crippen LogP contribution >= 0.6 is 0 Å². The maximum absolute atomic E-state index is 12.4. The molecule has 1 aliphatic heterocycles. The molecule has 4 heteroatoms. The monoisotopic (exact) mass is 282 g/mol. The van der Waals surface area contributed by atoms with E-state index in [1.54, 1.807) is 0 Å². The van der Waals surface area contributed by atoms with Crippen LogP contribution in [0.3, 0.4) is 0 Å². The second-order valence-corrected chi connectivity index (χ2v) is 6.24. The second kappa shape index (κ2) is 7.99. The molecule has 2 aliphatic rings. The smallest absolute Gasteiger partial charge is 0.222 e. The summed E-state index contributed by atoms with van der Waals surface area (Å²) in [7, 11) is 0. The van der Waals surface area contributed by atoms with Gasteiger partial charge in [-0.2, -0.15) is 0 Å². The zero-order valence-electron chi connectivity index (χ0n) is 13.1. The molecule has 1 aliphatic carbocycles. The Morgan fingerprint density at radius 1 is 1.20 bits per heavy atom. The molecular weight excluding hydrogens is 252 g/mol. The van der Waals surface area contributed by atoms with Gasteiger partial charge in [0.15, 0.2) is 0 Å². The first kappa shape index (κ1) is 15.8. The fourth-order valence-corrected chi connectivity index (χ4v) is 3.37. The van der Waals surface area contributed by atoms with E-state index >= 15 is 0 Å². The van der Waals surface area contributed by atoms with E-state index in [-0.39, 0.29) is 0 Å². The molecule has 1 saturated carbocycles. The number of amides is 1. The van der Waals surface area contributed by atoms with Crippen LogP contribution in [-0.2, 0) is 9.53 Å². The summed E-state index contributed by atoms with van der Waals surface area (Å²) in [4.78, 5) is 14.5. The Morgan fingerprint density at radius 2 is 1.90 bits per heavy atom. The zero-order chi connectivity index (χ0) is 14.4. The molecule has 0 bridgehead atoms. The molecule has 1 amide bonds. The van der Waals surface area contributed by atoms with Crippen molar-refractivity contribution >= 4 is 5.91 Å². The van der Waals surface area contributed by atoms with Crippen LogP contribution in [0.1, 0.15) is 46.0 Å². The van der Waals surface area contributed by atoms with Crippen molar-refractivity contribution in [2.24, 2.45) is 11.8 Å². The van der Waals surface area contributed by atoms with Gasteiger partial charge in [0.1, 0.15) is 0 Å². The van der Waals surface area contributed by atoms with Crippen LogP contribution in [0.25, 0.3) is 0 Å². The van der Waals surface area contributed by atoms with Crippen molar-refractivity contribution < 1.29 is 9.53 Å². The molecule has 0 unspecified atom stereocenters. The Balaban J connectivity index is 1.69. The van der Waals surface area contributed by atoms with Crippen LogP contribution in [0, 0.1) is 11.8 Å². The minimum atomic E-state index is 0.353. The van der Waals surface area contributed by atoms with Crippen molar-refractivity contribution in [3.63, 3.8) is 0 Å². The van der Waals surface area contributed by atoms with E-state index in [4.69, 9.17) is 4.74 Å². The van der Waals surface area contributed by atoms with E-state index < -0.39 is 0 Å². The third-order valence-electron chi connectivity index (χ3n) is 4.73. The molecule has 0 radical (unpaired) electrons. The lowest BCUT2D eigenvalue weighted by Crippen LogP contribution is -2.41. The van der Waals surface area contributed by atoms with E-state index in [0.29, 0.717) is 23.8 Å². The molecule has 2 rings (SSSR count). The van der Waals surface area contributed by atoms with Crippen LogP contribution in [0.2, 0.25) is 0 Å². The number of carbonyl (C=O) groups excluding carboxylic acids is 1. The standard InChI is InChI=1S/C16H30N2O2/c1-3-18(12-13-5-7-17-8-6-13)16(19)11-14-9-15(10-14)20-4-2/h13-15,17H,3-12H2,1-2H3. The average Bonchev–Trinajstić information content (AvgIpc) is 2.43. The highest BCUT2D eigenvalue weighted by molar-refractivity contribution is 5.76. The normalized spacial score (nSPS) is 27.1. The highest BCUT2D eigenvalue weighted by Crippen LogP contribution is 2.33. The molecule has 0 spiro atoms. The largest absolute Gasteiger partial charge is 0.378 e. The molecule has 1 N–H and O–H groups in total. The first-order chi connectivity index (χ1) is 9.72. The molecule has 0 atom stereocenters. The van der Waals surface area contributed by atoms with Gasteiger partial charge in [-0.1, -0.05) is 0 Å². The summed E-state index contributed by atoms with van der Waals surface area (Å²) in [6, 6.07) is 0. The third kappa shape index (κ3) is 4.45. The molecule has 0 aromatic rings. The number of piperidine rings is 1. The van der Waals surface area contributed by atoms with Gasteiger partial charge in [0.25, 0.3) is 0 Å². The van der Waals surface area contributed by atoms with Gasteiger partial charge in [-0.25, -0.2) is 0 Å². The van der Waals surface area contributed by atoms with Gasteiger partial charge in [0.05, 0.1) is 6.10 Å². The maximum Gasteiger partial charge on any atom is 0.222 e. The van der Waals surface area contributed by atoms with Gasteiger partial charge >= 0.3 is 0 Å². The second-order valence-electron chi connectivity index (χ2n) is 6.24. The Morgan fingerprint density at radius 3 is 2.50 bits per heavy atom. The summed E-state index contributed by atoms with van der Waals surface area (Å²) in [5, 5.41) is 3.39. The summed E-state index contributed by atoms with van der Waals surface area (Å²) < 4.78 is 5.57. The lowest BCUT2D eigenvalue weighted by atomic mass is 9.79. The average molecular weight is 282 g/mol. The van der Waals surface area contributed by atoms with E-state index in [2.05, 4.69) is 17.1 Å². The number of nitrogens with zero attached hydrogens (tertiary/aromatic N) is 1. The van der Waals surface area contributed by atoms with Crippen molar-refractivity contribution in [3.8, 4) is 0 Å². The molecule has 2 fully saturated rings. The molecular formula is C16H30N2O2. The number of carbonyl (C=O) groups is 1. The summed E-state index contributed by atoms with van der Waals surface area (Å²) in [5.41, 5.74) is 0. The van der Waals surface area contributed by atoms with Crippen molar-refractivity contribution in [2.75, 3.05) is 32.8 Å².